The maximum Gasteiger partial charge on any atom is 0.259 e. The van der Waals surface area contributed by atoms with Crippen LogP contribution in [0, 0.1) is 5.92 Å². The highest BCUT2D eigenvalue weighted by molar-refractivity contribution is 5.91. The van der Waals surface area contributed by atoms with Crippen LogP contribution in [0.1, 0.15) is 56.3 Å². The summed E-state index contributed by atoms with van der Waals surface area (Å²) < 4.78 is 5.65. The van der Waals surface area contributed by atoms with Gasteiger partial charge in [0.05, 0.1) is 11.0 Å². The second-order valence-electron chi connectivity index (χ2n) is 9.83. The zero-order valence-electron chi connectivity index (χ0n) is 18.2. The number of piperidine rings is 1. The van der Waals surface area contributed by atoms with Gasteiger partial charge >= 0.3 is 0 Å². The first kappa shape index (κ1) is 19.6. The van der Waals surface area contributed by atoms with Crippen LogP contribution in [0.2, 0.25) is 0 Å². The smallest absolute Gasteiger partial charge is 0.259 e. The first-order valence-corrected chi connectivity index (χ1v) is 11.8. The molecule has 0 radical (unpaired) electrons. The van der Waals surface area contributed by atoms with Crippen LogP contribution in [0.4, 0.5) is 0 Å². The number of benzene rings is 1. The number of nitrogens with zero attached hydrogens (tertiary/aromatic N) is 4. The third-order valence-corrected chi connectivity index (χ3v) is 7.68. The number of likely N-dealkylation sites (tertiary alicyclic amines) is 1. The number of rotatable bonds is 6. The Hall–Kier alpha value is -3.02. The lowest BCUT2D eigenvalue weighted by molar-refractivity contribution is -0.135. The van der Waals surface area contributed by atoms with Gasteiger partial charge in [0.25, 0.3) is 5.89 Å². The fraction of sp³-hybridized carbons (Fsp3) is 0.462. The normalized spacial score (nSPS) is 21.3. The summed E-state index contributed by atoms with van der Waals surface area (Å²) in [5.41, 5.74) is 1.61. The lowest BCUT2D eigenvalue weighted by Crippen LogP contribution is -2.49. The van der Waals surface area contributed by atoms with Crippen molar-refractivity contribution in [3.8, 4) is 11.5 Å². The van der Waals surface area contributed by atoms with Crippen LogP contribution < -0.4 is 0 Å². The Morgan fingerprint density at radius 2 is 1.81 bits per heavy atom. The van der Waals surface area contributed by atoms with E-state index in [0.29, 0.717) is 11.8 Å². The summed E-state index contributed by atoms with van der Waals surface area (Å²) in [6.45, 7) is 1.52. The Morgan fingerprint density at radius 3 is 2.47 bits per heavy atom. The molecular weight excluding hydrogens is 400 g/mol. The van der Waals surface area contributed by atoms with E-state index >= 15 is 0 Å². The number of amides is 1. The van der Waals surface area contributed by atoms with Crippen LogP contribution in [0.15, 0.2) is 59.4 Å². The predicted octanol–water partition coefficient (Wildman–Crippen LogP) is 4.52. The summed E-state index contributed by atoms with van der Waals surface area (Å²) in [5.74, 6) is 2.38. The van der Waals surface area contributed by atoms with Crippen molar-refractivity contribution in [2.75, 3.05) is 13.1 Å². The standard InChI is InChI=1S/C26H28N4O2/c31-24(26(10-11-26)21-6-2-1-3-7-21)30-15-12-25(13-16-30,17-19-8-9-19)23-28-22(32-29-23)20-5-4-14-27-18-20/h1-7,14,18-19H,8-13,15-17H2. The minimum absolute atomic E-state index is 0.106. The van der Waals surface area contributed by atoms with Gasteiger partial charge in [0.1, 0.15) is 0 Å². The molecule has 2 saturated carbocycles. The molecule has 3 heterocycles. The van der Waals surface area contributed by atoms with Crippen molar-refractivity contribution in [3.05, 3.63) is 66.2 Å². The van der Waals surface area contributed by atoms with Gasteiger partial charge in [-0.2, -0.15) is 4.98 Å². The molecule has 6 heteroatoms. The monoisotopic (exact) mass is 428 g/mol. The third kappa shape index (κ3) is 3.42. The molecule has 3 aliphatic rings. The van der Waals surface area contributed by atoms with Crippen LogP contribution in [0.25, 0.3) is 11.5 Å². The van der Waals surface area contributed by atoms with Crippen LogP contribution in [-0.4, -0.2) is 39.0 Å². The molecule has 2 aliphatic carbocycles. The minimum Gasteiger partial charge on any atom is -0.342 e. The molecule has 6 rings (SSSR count). The molecule has 0 N–H and O–H groups in total. The second-order valence-corrected chi connectivity index (χ2v) is 9.83. The molecule has 3 aromatic rings. The molecule has 1 amide bonds. The van der Waals surface area contributed by atoms with Gasteiger partial charge in [-0.3, -0.25) is 9.78 Å². The highest BCUT2D eigenvalue weighted by Gasteiger charge is 2.54. The van der Waals surface area contributed by atoms with E-state index in [1.807, 2.05) is 30.3 Å². The van der Waals surface area contributed by atoms with E-state index in [4.69, 9.17) is 9.51 Å². The summed E-state index contributed by atoms with van der Waals surface area (Å²) in [7, 11) is 0. The highest BCUT2D eigenvalue weighted by atomic mass is 16.5. The molecule has 1 saturated heterocycles. The molecule has 0 spiro atoms. The van der Waals surface area contributed by atoms with E-state index in [0.717, 1.165) is 62.5 Å². The molecule has 2 aromatic heterocycles. The van der Waals surface area contributed by atoms with Gasteiger partial charge in [-0.15, -0.1) is 0 Å². The summed E-state index contributed by atoms with van der Waals surface area (Å²) in [4.78, 5) is 24.6. The summed E-state index contributed by atoms with van der Waals surface area (Å²) in [5, 5.41) is 4.43. The Bertz CT molecular complexity index is 1100. The molecule has 1 aliphatic heterocycles. The van der Waals surface area contributed by atoms with Gasteiger partial charge in [-0.05, 0) is 55.7 Å². The summed E-state index contributed by atoms with van der Waals surface area (Å²) >= 11 is 0. The van der Waals surface area contributed by atoms with Crippen LogP contribution in [-0.2, 0) is 15.6 Å². The molecule has 0 atom stereocenters. The number of hydrogen-bond acceptors (Lipinski definition) is 5. The Kier molecular flexibility index (Phi) is 4.63. The Balaban J connectivity index is 1.22. The SMILES string of the molecule is O=C(N1CCC(CC2CC2)(c2noc(-c3cccnc3)n2)CC1)C1(c2ccccc2)CC1. The molecule has 164 valence electrons. The molecule has 6 nitrogen and oxygen atoms in total. The lowest BCUT2D eigenvalue weighted by Gasteiger charge is -2.41. The quantitative estimate of drug-likeness (QED) is 0.577. The number of pyridine rings is 1. The Labute approximate surface area is 188 Å². The average Bonchev–Trinajstić information content (AvgIpc) is 3.78. The van der Waals surface area contributed by atoms with E-state index in [9.17, 15) is 4.79 Å². The van der Waals surface area contributed by atoms with Gasteiger partial charge in [0.15, 0.2) is 5.82 Å². The maximum atomic E-state index is 13.5. The molecular formula is C26H28N4O2. The van der Waals surface area contributed by atoms with E-state index < -0.39 is 0 Å². The predicted molar refractivity (Wildman–Crippen MR) is 120 cm³/mol. The lowest BCUT2D eigenvalue weighted by atomic mass is 9.73. The van der Waals surface area contributed by atoms with Gasteiger partial charge in [-0.1, -0.05) is 48.3 Å². The van der Waals surface area contributed by atoms with Crippen molar-refractivity contribution >= 4 is 5.91 Å². The van der Waals surface area contributed by atoms with Gasteiger partial charge in [0, 0.05) is 30.9 Å². The molecule has 0 unspecified atom stereocenters. The number of carbonyl (C=O) groups is 1. The fourth-order valence-electron chi connectivity index (χ4n) is 5.39. The minimum atomic E-state index is -0.294. The Morgan fingerprint density at radius 1 is 1.03 bits per heavy atom. The van der Waals surface area contributed by atoms with Crippen LogP contribution >= 0.6 is 0 Å². The first-order chi connectivity index (χ1) is 15.7. The largest absolute Gasteiger partial charge is 0.342 e. The number of aromatic nitrogens is 3. The second kappa shape index (κ2) is 7.54. The van der Waals surface area contributed by atoms with E-state index in [2.05, 4.69) is 27.2 Å². The maximum absolute atomic E-state index is 13.5. The molecule has 0 bridgehead atoms. The summed E-state index contributed by atoms with van der Waals surface area (Å²) in [6.07, 6.45) is 10.9. The third-order valence-electron chi connectivity index (χ3n) is 7.68. The highest BCUT2D eigenvalue weighted by Crippen LogP contribution is 2.51. The zero-order chi connectivity index (χ0) is 21.6. The van der Waals surface area contributed by atoms with Crippen molar-refractivity contribution in [2.45, 2.75) is 55.8 Å². The van der Waals surface area contributed by atoms with Gasteiger partial charge in [-0.25, -0.2) is 0 Å². The van der Waals surface area contributed by atoms with E-state index in [-0.39, 0.29) is 10.8 Å². The first-order valence-electron chi connectivity index (χ1n) is 11.8. The van der Waals surface area contributed by atoms with Gasteiger partial charge < -0.3 is 9.42 Å². The molecule has 3 fully saturated rings. The van der Waals surface area contributed by atoms with Crippen molar-refractivity contribution in [3.63, 3.8) is 0 Å². The van der Waals surface area contributed by atoms with Crippen molar-refractivity contribution in [2.24, 2.45) is 5.92 Å². The fourth-order valence-corrected chi connectivity index (χ4v) is 5.39. The van der Waals surface area contributed by atoms with Crippen molar-refractivity contribution < 1.29 is 9.32 Å². The van der Waals surface area contributed by atoms with Gasteiger partial charge in [0.2, 0.25) is 5.91 Å². The van der Waals surface area contributed by atoms with E-state index in [1.54, 1.807) is 12.4 Å². The van der Waals surface area contributed by atoms with Crippen molar-refractivity contribution in [1.82, 2.24) is 20.0 Å². The zero-order valence-corrected chi connectivity index (χ0v) is 18.2. The molecule has 32 heavy (non-hydrogen) atoms. The van der Waals surface area contributed by atoms with Crippen LogP contribution in [0.5, 0.6) is 0 Å². The topological polar surface area (TPSA) is 72.1 Å². The average molecular weight is 429 g/mol. The van der Waals surface area contributed by atoms with Crippen LogP contribution in [0.3, 0.4) is 0 Å². The summed E-state index contributed by atoms with van der Waals surface area (Å²) in [6, 6.07) is 14.1. The molecule has 1 aromatic carbocycles. The number of carbonyl (C=O) groups excluding carboxylic acids is 1. The number of hydrogen-bond donors (Lipinski definition) is 0. The van der Waals surface area contributed by atoms with Crippen molar-refractivity contribution in [1.29, 1.82) is 0 Å². The van der Waals surface area contributed by atoms with E-state index in [1.165, 1.54) is 18.4 Å².